The highest BCUT2D eigenvalue weighted by Crippen LogP contribution is 2.33. The lowest BCUT2D eigenvalue weighted by atomic mass is 9.97. The molecule has 0 bridgehead atoms. The third-order valence-corrected chi connectivity index (χ3v) is 4.37. The van der Waals surface area contributed by atoms with Gasteiger partial charge in [0.1, 0.15) is 5.54 Å². The summed E-state index contributed by atoms with van der Waals surface area (Å²) in [7, 11) is 8.23. The Kier molecular flexibility index (Phi) is 6.92. The normalized spacial score (nSPS) is 26.4. The van der Waals surface area contributed by atoms with Gasteiger partial charge in [-0.3, -0.25) is 4.79 Å². The molecule has 1 aliphatic carbocycles. The van der Waals surface area contributed by atoms with Gasteiger partial charge in [-0.05, 0) is 73.9 Å². The molecule has 0 aromatic heterocycles. The predicted octanol–water partition coefficient (Wildman–Crippen LogP) is 0.944. The summed E-state index contributed by atoms with van der Waals surface area (Å²) >= 11 is 0. The second-order valence-corrected chi connectivity index (χ2v) is 6.09. The number of nitrogens with one attached hydrogen (secondary N) is 1. The summed E-state index contributed by atoms with van der Waals surface area (Å²) in [5.74, 6) is -0.0910. The zero-order valence-electron chi connectivity index (χ0n) is 13.7. The maximum Gasteiger partial charge on any atom is 0.326 e. The Morgan fingerprint density at radius 3 is 2.60 bits per heavy atom. The Labute approximate surface area is 123 Å². The molecule has 1 N–H and O–H groups in total. The van der Waals surface area contributed by atoms with Gasteiger partial charge >= 0.3 is 5.97 Å². The maximum atomic E-state index is 12.2. The van der Waals surface area contributed by atoms with Gasteiger partial charge in [0, 0.05) is 6.04 Å². The second kappa shape index (κ2) is 7.96. The van der Waals surface area contributed by atoms with Crippen LogP contribution in [0.25, 0.3) is 0 Å². The molecule has 1 saturated carbocycles. The molecule has 0 radical (unpaired) electrons. The molecule has 0 saturated heterocycles. The van der Waals surface area contributed by atoms with Gasteiger partial charge in [-0.1, -0.05) is 0 Å². The second-order valence-electron chi connectivity index (χ2n) is 6.09. The van der Waals surface area contributed by atoms with Crippen molar-refractivity contribution in [3.05, 3.63) is 0 Å². The zero-order valence-corrected chi connectivity index (χ0v) is 13.7. The number of likely N-dealkylation sites (N-methyl/N-ethyl adjacent to an activating group) is 1. The number of hydrogen-bond donors (Lipinski definition) is 1. The van der Waals surface area contributed by atoms with Crippen molar-refractivity contribution in [1.29, 1.82) is 0 Å². The van der Waals surface area contributed by atoms with E-state index in [4.69, 9.17) is 4.74 Å². The first-order valence-electron chi connectivity index (χ1n) is 7.66. The van der Waals surface area contributed by atoms with Crippen molar-refractivity contribution in [2.75, 3.05) is 47.9 Å². The third-order valence-electron chi connectivity index (χ3n) is 4.37. The van der Waals surface area contributed by atoms with Crippen LogP contribution in [0.2, 0.25) is 0 Å². The summed E-state index contributed by atoms with van der Waals surface area (Å²) in [5, 5.41) is 3.21. The van der Waals surface area contributed by atoms with Crippen LogP contribution >= 0.6 is 0 Å². The van der Waals surface area contributed by atoms with Crippen LogP contribution in [0.5, 0.6) is 0 Å². The topological polar surface area (TPSA) is 44.8 Å². The van der Waals surface area contributed by atoms with E-state index in [-0.39, 0.29) is 5.97 Å². The van der Waals surface area contributed by atoms with Crippen molar-refractivity contribution in [2.45, 2.75) is 44.2 Å². The molecule has 0 aliphatic heterocycles. The lowest BCUT2D eigenvalue weighted by molar-refractivity contribution is -0.151. The summed E-state index contributed by atoms with van der Waals surface area (Å²) in [4.78, 5) is 16.8. The maximum absolute atomic E-state index is 12.2. The largest absolute Gasteiger partial charge is 0.465 e. The molecule has 0 aromatic rings. The fraction of sp³-hybridized carbons (Fsp3) is 0.933. The van der Waals surface area contributed by atoms with Crippen molar-refractivity contribution in [1.82, 2.24) is 15.1 Å². The highest BCUT2D eigenvalue weighted by Gasteiger charge is 2.46. The average Bonchev–Trinajstić information content (AvgIpc) is 2.84. The first kappa shape index (κ1) is 17.4. The zero-order chi connectivity index (χ0) is 15.2. The van der Waals surface area contributed by atoms with Crippen molar-refractivity contribution < 1.29 is 9.53 Å². The number of hydrogen-bond acceptors (Lipinski definition) is 5. The Bertz CT molecular complexity index is 309. The van der Waals surface area contributed by atoms with E-state index in [2.05, 4.69) is 36.3 Å². The van der Waals surface area contributed by atoms with Crippen molar-refractivity contribution in [3.8, 4) is 0 Å². The van der Waals surface area contributed by atoms with Gasteiger partial charge in [-0.25, -0.2) is 0 Å². The molecule has 5 nitrogen and oxygen atoms in total. The molecule has 1 aliphatic rings. The van der Waals surface area contributed by atoms with E-state index >= 15 is 0 Å². The lowest BCUT2D eigenvalue weighted by Crippen LogP contribution is -2.50. The van der Waals surface area contributed by atoms with Crippen molar-refractivity contribution >= 4 is 5.97 Å². The van der Waals surface area contributed by atoms with E-state index in [0.29, 0.717) is 12.6 Å². The monoisotopic (exact) mass is 285 g/mol. The molecule has 20 heavy (non-hydrogen) atoms. The molecular weight excluding hydrogens is 254 g/mol. The Morgan fingerprint density at radius 1 is 1.35 bits per heavy atom. The number of esters is 1. The number of carbonyl (C=O) groups excluding carboxylic acids is 1. The van der Waals surface area contributed by atoms with Gasteiger partial charge < -0.3 is 19.9 Å². The molecule has 118 valence electrons. The van der Waals surface area contributed by atoms with Crippen LogP contribution in [0.15, 0.2) is 0 Å². The van der Waals surface area contributed by atoms with Gasteiger partial charge in [-0.2, -0.15) is 0 Å². The van der Waals surface area contributed by atoms with Crippen LogP contribution < -0.4 is 5.32 Å². The highest BCUT2D eigenvalue weighted by atomic mass is 16.5. The molecule has 1 fully saturated rings. The van der Waals surface area contributed by atoms with E-state index < -0.39 is 5.54 Å². The predicted molar refractivity (Wildman–Crippen MR) is 81.9 cm³/mol. The summed E-state index contributed by atoms with van der Waals surface area (Å²) in [5.41, 5.74) is -0.476. The fourth-order valence-electron chi connectivity index (χ4n) is 3.00. The average molecular weight is 285 g/mol. The summed E-state index contributed by atoms with van der Waals surface area (Å²) in [6.07, 6.45) is 3.93. The first-order valence-corrected chi connectivity index (χ1v) is 7.66. The van der Waals surface area contributed by atoms with Crippen LogP contribution in [0.3, 0.4) is 0 Å². The minimum absolute atomic E-state index is 0.0910. The van der Waals surface area contributed by atoms with Crippen molar-refractivity contribution in [2.24, 2.45) is 0 Å². The Morgan fingerprint density at radius 2 is 2.05 bits per heavy atom. The smallest absolute Gasteiger partial charge is 0.326 e. The van der Waals surface area contributed by atoms with Gasteiger partial charge in [0.15, 0.2) is 0 Å². The first-order chi connectivity index (χ1) is 9.45. The standard InChI is InChI=1S/C15H31N3O2/c1-6-20-14(19)15(16-2)9-8-13(12-15)18(5)11-7-10-17(3)4/h13,16H,6-12H2,1-5H3. The van der Waals surface area contributed by atoms with Gasteiger partial charge in [0.2, 0.25) is 0 Å². The Balaban J connectivity index is 2.49. The molecule has 2 atom stereocenters. The van der Waals surface area contributed by atoms with E-state index in [0.717, 1.165) is 38.8 Å². The Hall–Kier alpha value is -0.650. The molecule has 0 aromatic carbocycles. The van der Waals surface area contributed by atoms with Crippen LogP contribution in [0.1, 0.15) is 32.6 Å². The van der Waals surface area contributed by atoms with Gasteiger partial charge in [-0.15, -0.1) is 0 Å². The number of ether oxygens (including phenoxy) is 1. The van der Waals surface area contributed by atoms with Crippen LogP contribution in [-0.4, -0.2) is 75.2 Å². The lowest BCUT2D eigenvalue weighted by Gasteiger charge is -2.29. The van der Waals surface area contributed by atoms with E-state index in [1.807, 2.05) is 14.0 Å². The van der Waals surface area contributed by atoms with Crippen LogP contribution in [0, 0.1) is 0 Å². The van der Waals surface area contributed by atoms with E-state index in [1.54, 1.807) is 0 Å². The minimum atomic E-state index is -0.476. The molecule has 0 heterocycles. The van der Waals surface area contributed by atoms with Crippen molar-refractivity contribution in [3.63, 3.8) is 0 Å². The number of carbonyl (C=O) groups is 1. The van der Waals surface area contributed by atoms with Gasteiger partial charge in [0.05, 0.1) is 6.61 Å². The molecule has 1 rings (SSSR count). The minimum Gasteiger partial charge on any atom is -0.465 e. The molecule has 5 heteroatoms. The number of nitrogens with zero attached hydrogens (tertiary/aromatic N) is 2. The molecule has 0 amide bonds. The highest BCUT2D eigenvalue weighted by molar-refractivity contribution is 5.81. The quantitative estimate of drug-likeness (QED) is 0.673. The molecule has 2 unspecified atom stereocenters. The van der Waals surface area contributed by atoms with E-state index in [1.165, 1.54) is 0 Å². The van der Waals surface area contributed by atoms with E-state index in [9.17, 15) is 4.79 Å². The third kappa shape index (κ3) is 4.43. The fourth-order valence-corrected chi connectivity index (χ4v) is 3.00. The van der Waals surface area contributed by atoms with Crippen LogP contribution in [-0.2, 0) is 9.53 Å². The summed E-state index contributed by atoms with van der Waals surface area (Å²) in [6, 6.07) is 0.467. The summed E-state index contributed by atoms with van der Waals surface area (Å²) in [6.45, 7) is 4.49. The number of rotatable bonds is 8. The van der Waals surface area contributed by atoms with Gasteiger partial charge in [0.25, 0.3) is 0 Å². The molecule has 0 spiro atoms. The summed E-state index contributed by atoms with van der Waals surface area (Å²) < 4.78 is 5.23. The SMILES string of the molecule is CCOC(=O)C1(NC)CCC(N(C)CCCN(C)C)C1. The molecular formula is C15H31N3O2. The van der Waals surface area contributed by atoms with Crippen LogP contribution in [0.4, 0.5) is 0 Å².